The number of benzene rings is 2. The Morgan fingerprint density at radius 3 is 2.14 bits per heavy atom. The van der Waals surface area contributed by atoms with E-state index in [0.29, 0.717) is 13.0 Å². The van der Waals surface area contributed by atoms with Crippen LogP contribution in [0.5, 0.6) is 0 Å². The second kappa shape index (κ2) is 6.08. The molecule has 0 fully saturated rings. The molecule has 1 aliphatic carbocycles. The van der Waals surface area contributed by atoms with Gasteiger partial charge in [-0.15, -0.1) is 0 Å². The summed E-state index contributed by atoms with van der Waals surface area (Å²) in [6.07, 6.45) is 0.600. The van der Waals surface area contributed by atoms with Gasteiger partial charge in [0.15, 0.2) is 0 Å². The second-order valence-corrected chi connectivity index (χ2v) is 4.99. The molecule has 0 unspecified atom stereocenters. The quantitative estimate of drug-likeness (QED) is 0.653. The number of carbonyl (C=O) groups excluding carboxylic acids is 1. The van der Waals surface area contributed by atoms with E-state index in [0.717, 1.165) is 5.06 Å². The molecule has 0 spiro atoms. The Bertz CT molecular complexity index is 596. The molecule has 0 aliphatic heterocycles. The first kappa shape index (κ1) is 13.8. The van der Waals surface area contributed by atoms with E-state index in [9.17, 15) is 4.79 Å². The van der Waals surface area contributed by atoms with Crippen LogP contribution in [-0.2, 0) is 9.63 Å². The number of hydrogen-bond acceptors (Lipinski definition) is 3. The molecule has 21 heavy (non-hydrogen) atoms. The van der Waals surface area contributed by atoms with Crippen LogP contribution in [-0.4, -0.2) is 36.3 Å². The first-order chi connectivity index (χ1) is 10.3. The molecule has 0 aromatic heterocycles. The van der Waals surface area contributed by atoms with Crippen molar-refractivity contribution >= 4 is 6.41 Å². The lowest BCUT2D eigenvalue weighted by Gasteiger charge is -2.19. The Morgan fingerprint density at radius 1 is 1.05 bits per heavy atom. The number of amides is 1. The van der Waals surface area contributed by atoms with Crippen LogP contribution >= 0.6 is 0 Å². The minimum Gasteiger partial charge on any atom is -0.394 e. The number of rotatable bonds is 6. The molecular weight excluding hydrogens is 266 g/mol. The van der Waals surface area contributed by atoms with Gasteiger partial charge in [0, 0.05) is 5.92 Å². The van der Waals surface area contributed by atoms with E-state index in [2.05, 4.69) is 24.3 Å². The van der Waals surface area contributed by atoms with Gasteiger partial charge in [-0.3, -0.25) is 9.63 Å². The summed E-state index contributed by atoms with van der Waals surface area (Å²) >= 11 is 0. The van der Waals surface area contributed by atoms with E-state index in [1.165, 1.54) is 22.3 Å². The lowest BCUT2D eigenvalue weighted by atomic mass is 9.98. The minimum atomic E-state index is -0.115. The normalized spacial score (nSPS) is 12.8. The summed E-state index contributed by atoms with van der Waals surface area (Å²) in [6, 6.07) is 16.5. The Morgan fingerprint density at radius 2 is 1.62 bits per heavy atom. The highest BCUT2D eigenvalue weighted by molar-refractivity contribution is 5.78. The van der Waals surface area contributed by atoms with E-state index in [1.807, 2.05) is 24.3 Å². The van der Waals surface area contributed by atoms with Gasteiger partial charge in [-0.25, -0.2) is 5.06 Å². The fourth-order valence-corrected chi connectivity index (χ4v) is 2.86. The highest BCUT2D eigenvalue weighted by atomic mass is 16.7. The van der Waals surface area contributed by atoms with Crippen LogP contribution in [0.4, 0.5) is 0 Å². The Labute approximate surface area is 123 Å². The van der Waals surface area contributed by atoms with E-state index in [-0.39, 0.29) is 19.1 Å². The van der Waals surface area contributed by atoms with Crippen LogP contribution in [0.1, 0.15) is 17.0 Å². The molecular formula is C17H17NO3. The Kier molecular flexibility index (Phi) is 3.99. The Hall–Kier alpha value is -2.17. The van der Waals surface area contributed by atoms with Gasteiger partial charge in [-0.05, 0) is 22.3 Å². The summed E-state index contributed by atoms with van der Waals surface area (Å²) in [6.45, 7) is 0.447. The van der Waals surface area contributed by atoms with Crippen LogP contribution < -0.4 is 0 Å². The molecule has 108 valence electrons. The molecule has 0 atom stereocenters. The van der Waals surface area contributed by atoms with E-state index in [1.54, 1.807) is 0 Å². The maximum absolute atomic E-state index is 10.9. The molecule has 1 aliphatic rings. The van der Waals surface area contributed by atoms with Gasteiger partial charge in [0.05, 0.1) is 19.8 Å². The highest BCUT2D eigenvalue weighted by Gasteiger charge is 2.28. The summed E-state index contributed by atoms with van der Waals surface area (Å²) in [5, 5.41) is 10.0. The number of aliphatic hydroxyl groups is 1. The molecule has 4 heteroatoms. The third-order valence-electron chi connectivity index (χ3n) is 3.81. The predicted molar refractivity (Wildman–Crippen MR) is 79.5 cm³/mol. The standard InChI is InChI=1S/C17H17NO3/c19-10-9-18(12-20)21-11-17-15-7-3-1-5-13(15)14-6-2-4-8-16(14)17/h1-8,12,17,19H,9-11H2. The first-order valence-electron chi connectivity index (χ1n) is 6.99. The Balaban J connectivity index is 1.87. The lowest BCUT2D eigenvalue weighted by molar-refractivity contribution is -0.175. The van der Waals surface area contributed by atoms with Crippen LogP contribution in [0, 0.1) is 0 Å². The monoisotopic (exact) mass is 283 g/mol. The SMILES string of the molecule is O=CN(CCO)OCC1c2ccccc2-c2ccccc21. The molecule has 0 heterocycles. The zero-order chi connectivity index (χ0) is 14.7. The summed E-state index contributed by atoms with van der Waals surface area (Å²) in [4.78, 5) is 16.4. The number of hydrogen-bond donors (Lipinski definition) is 1. The smallest absolute Gasteiger partial charge is 0.233 e. The fourth-order valence-electron chi connectivity index (χ4n) is 2.86. The van der Waals surface area contributed by atoms with Gasteiger partial charge in [0.25, 0.3) is 0 Å². The molecule has 0 bridgehead atoms. The molecule has 2 aromatic carbocycles. The van der Waals surface area contributed by atoms with Gasteiger partial charge in [-0.1, -0.05) is 48.5 Å². The molecule has 0 radical (unpaired) electrons. The summed E-state index contributed by atoms with van der Waals surface area (Å²) in [7, 11) is 0. The zero-order valence-electron chi connectivity index (χ0n) is 11.6. The largest absolute Gasteiger partial charge is 0.394 e. The molecule has 1 amide bonds. The molecule has 3 rings (SSSR count). The third kappa shape index (κ3) is 2.55. The fraction of sp³-hybridized carbons (Fsp3) is 0.235. The van der Waals surface area contributed by atoms with Crippen molar-refractivity contribution in [3.63, 3.8) is 0 Å². The predicted octanol–water partition coefficient (Wildman–Crippen LogP) is 2.18. The van der Waals surface area contributed by atoms with Crippen molar-refractivity contribution in [2.75, 3.05) is 19.8 Å². The maximum atomic E-state index is 10.9. The van der Waals surface area contributed by atoms with Gasteiger partial charge < -0.3 is 5.11 Å². The van der Waals surface area contributed by atoms with Crippen molar-refractivity contribution in [2.45, 2.75) is 5.92 Å². The molecule has 2 aromatic rings. The van der Waals surface area contributed by atoms with Crippen molar-refractivity contribution in [1.82, 2.24) is 5.06 Å². The van der Waals surface area contributed by atoms with Crippen LogP contribution in [0.25, 0.3) is 11.1 Å². The van der Waals surface area contributed by atoms with E-state index < -0.39 is 0 Å². The van der Waals surface area contributed by atoms with Crippen LogP contribution in [0.3, 0.4) is 0 Å². The summed E-state index contributed by atoms with van der Waals surface area (Å²) < 4.78 is 0. The number of fused-ring (bicyclic) bond motifs is 3. The number of aliphatic hydroxyl groups excluding tert-OH is 1. The highest BCUT2D eigenvalue weighted by Crippen LogP contribution is 2.44. The topological polar surface area (TPSA) is 49.8 Å². The average Bonchev–Trinajstić information content (AvgIpc) is 2.86. The average molecular weight is 283 g/mol. The number of hydroxylamine groups is 2. The molecule has 4 nitrogen and oxygen atoms in total. The van der Waals surface area contributed by atoms with Gasteiger partial charge in [0.1, 0.15) is 0 Å². The first-order valence-corrected chi connectivity index (χ1v) is 6.99. The van der Waals surface area contributed by atoms with Gasteiger partial charge in [0.2, 0.25) is 6.41 Å². The molecule has 1 N–H and O–H groups in total. The van der Waals surface area contributed by atoms with E-state index >= 15 is 0 Å². The van der Waals surface area contributed by atoms with Crippen molar-refractivity contribution in [2.24, 2.45) is 0 Å². The van der Waals surface area contributed by atoms with Crippen molar-refractivity contribution in [1.29, 1.82) is 0 Å². The van der Waals surface area contributed by atoms with Crippen molar-refractivity contribution < 1.29 is 14.7 Å². The van der Waals surface area contributed by atoms with Crippen LogP contribution in [0.2, 0.25) is 0 Å². The summed E-state index contributed by atoms with van der Waals surface area (Å²) in [5.41, 5.74) is 4.88. The van der Waals surface area contributed by atoms with Crippen molar-refractivity contribution in [3.05, 3.63) is 59.7 Å². The van der Waals surface area contributed by atoms with Gasteiger partial charge in [-0.2, -0.15) is 0 Å². The third-order valence-corrected chi connectivity index (χ3v) is 3.81. The molecule has 0 saturated carbocycles. The number of nitrogens with zero attached hydrogens (tertiary/aromatic N) is 1. The lowest BCUT2D eigenvalue weighted by Crippen LogP contribution is -2.27. The van der Waals surface area contributed by atoms with Gasteiger partial charge >= 0.3 is 0 Å². The second-order valence-electron chi connectivity index (χ2n) is 4.99. The molecule has 0 saturated heterocycles. The summed E-state index contributed by atoms with van der Waals surface area (Å²) in [5.74, 6) is 0.110. The minimum absolute atomic E-state index is 0.110. The zero-order valence-corrected chi connectivity index (χ0v) is 11.6. The maximum Gasteiger partial charge on any atom is 0.233 e. The number of carbonyl (C=O) groups is 1. The van der Waals surface area contributed by atoms with E-state index in [4.69, 9.17) is 9.94 Å². The van der Waals surface area contributed by atoms with Crippen LogP contribution in [0.15, 0.2) is 48.5 Å². The van der Waals surface area contributed by atoms with Crippen molar-refractivity contribution in [3.8, 4) is 11.1 Å².